The predicted octanol–water partition coefficient (Wildman–Crippen LogP) is 1.43. The number of hydrogen-bond donors (Lipinski definition) is 3. The molecule has 0 saturated carbocycles. The summed E-state index contributed by atoms with van der Waals surface area (Å²) >= 11 is 6.14. The second kappa shape index (κ2) is 7.59. The molecule has 1 aromatic rings. The van der Waals surface area contributed by atoms with Crippen molar-refractivity contribution < 1.29 is 22.9 Å². The first-order valence-electron chi connectivity index (χ1n) is 10.8. The predicted molar refractivity (Wildman–Crippen MR) is 93.7 cm³/mol. The van der Waals surface area contributed by atoms with E-state index in [2.05, 4.69) is 5.32 Å². The first-order chi connectivity index (χ1) is 13.8. The van der Waals surface area contributed by atoms with Gasteiger partial charge in [0.25, 0.3) is 5.91 Å². The summed E-state index contributed by atoms with van der Waals surface area (Å²) in [6.45, 7) is -5.53. The van der Waals surface area contributed by atoms with Gasteiger partial charge in [-0.1, -0.05) is 11.6 Å². The van der Waals surface area contributed by atoms with Crippen LogP contribution in [0.3, 0.4) is 0 Å². The van der Waals surface area contributed by atoms with E-state index >= 15 is 0 Å². The number of aliphatic hydroxyl groups is 1. The summed E-state index contributed by atoms with van der Waals surface area (Å²) in [5.41, 5.74) is 7.33. The number of nitrogens with zero attached hydrogens (tertiary/aromatic N) is 1. The minimum Gasteiger partial charge on any atom is -0.492 e. The number of carbonyl (C=O) groups is 1. The van der Waals surface area contributed by atoms with Crippen LogP contribution in [0.2, 0.25) is 5.02 Å². The highest BCUT2D eigenvalue weighted by molar-refractivity contribution is 6.33. The van der Waals surface area contributed by atoms with Crippen LogP contribution in [0.15, 0.2) is 6.07 Å². The number of anilines is 1. The number of carbonyl (C=O) groups excluding carboxylic acids is 1. The molecule has 2 aliphatic rings. The lowest BCUT2D eigenvalue weighted by Gasteiger charge is -2.32. The van der Waals surface area contributed by atoms with Crippen LogP contribution in [0.1, 0.15) is 43.4 Å². The molecule has 0 unspecified atom stereocenters. The number of likely N-dealkylation sites (tertiary alicyclic amines) is 1. The Kier molecular flexibility index (Phi) is 3.54. The summed E-state index contributed by atoms with van der Waals surface area (Å²) < 4.78 is 51.5. The van der Waals surface area contributed by atoms with Crippen LogP contribution in [0, 0.1) is 0 Å². The number of nitrogens with two attached hydrogens (primary N) is 1. The van der Waals surface area contributed by atoms with Gasteiger partial charge in [0.05, 0.1) is 25.6 Å². The van der Waals surface area contributed by atoms with Crippen molar-refractivity contribution >= 4 is 23.2 Å². The quantitative estimate of drug-likeness (QED) is 0.692. The van der Waals surface area contributed by atoms with Gasteiger partial charge >= 0.3 is 0 Å². The molecule has 3 rings (SSSR count). The minimum atomic E-state index is -3.35. The minimum absolute atomic E-state index is 0.0740. The van der Waals surface area contributed by atoms with Gasteiger partial charge in [-0.25, -0.2) is 0 Å². The Hall–Kier alpha value is -1.50. The molecule has 1 aromatic carbocycles. The summed E-state index contributed by atoms with van der Waals surface area (Å²) in [4.78, 5) is 13.9. The first-order valence-corrected chi connectivity index (χ1v) is 8.17. The topological polar surface area (TPSA) is 87.8 Å². The van der Waals surface area contributed by atoms with Crippen LogP contribution in [-0.4, -0.2) is 54.7 Å². The van der Waals surface area contributed by atoms with Gasteiger partial charge in [-0.3, -0.25) is 4.79 Å². The molecule has 1 fully saturated rings. The highest BCUT2D eigenvalue weighted by Gasteiger charge is 2.27. The van der Waals surface area contributed by atoms with Gasteiger partial charge in [0.1, 0.15) is 5.75 Å². The number of amides is 1. The SMILES string of the molecule is [2H]C([2H])(O)C([2H])([2H])C([2H])([2H])N1CCC(NC(=O)c2cc(Cl)c(N)c3c2OCC3)CC1. The van der Waals surface area contributed by atoms with Crippen molar-refractivity contribution in [2.75, 3.05) is 38.5 Å². The molecular weight excluding hydrogens is 330 g/mol. The summed E-state index contributed by atoms with van der Waals surface area (Å²) in [7, 11) is 0. The van der Waals surface area contributed by atoms with Gasteiger partial charge in [-0.15, -0.1) is 0 Å². The number of benzene rings is 1. The molecule has 0 radical (unpaired) electrons. The molecule has 24 heavy (non-hydrogen) atoms. The summed E-state index contributed by atoms with van der Waals surface area (Å²) in [5, 5.41) is 12.6. The smallest absolute Gasteiger partial charge is 0.255 e. The Morgan fingerprint density at radius 3 is 3.00 bits per heavy atom. The maximum absolute atomic E-state index is 12.8. The Morgan fingerprint density at radius 2 is 2.29 bits per heavy atom. The highest BCUT2D eigenvalue weighted by Crippen LogP contribution is 2.38. The summed E-state index contributed by atoms with van der Waals surface area (Å²) in [5.74, 6) is 0.0278. The van der Waals surface area contributed by atoms with Crippen LogP contribution >= 0.6 is 11.6 Å². The lowest BCUT2D eigenvalue weighted by atomic mass is 10.0. The Morgan fingerprint density at radius 1 is 1.54 bits per heavy atom. The Bertz CT molecular complexity index is 841. The number of rotatable bonds is 5. The van der Waals surface area contributed by atoms with E-state index in [0.717, 1.165) is 4.90 Å². The number of ether oxygens (including phenoxy) is 1. The number of fused-ring (bicyclic) bond motifs is 1. The van der Waals surface area contributed by atoms with E-state index in [1.54, 1.807) is 0 Å². The first kappa shape index (κ1) is 11.2. The van der Waals surface area contributed by atoms with E-state index in [0.29, 0.717) is 42.9 Å². The molecule has 6 nitrogen and oxygen atoms in total. The monoisotopic (exact) mass is 359 g/mol. The van der Waals surface area contributed by atoms with E-state index in [1.165, 1.54) is 6.07 Å². The van der Waals surface area contributed by atoms with Crippen LogP contribution in [-0.2, 0) is 6.42 Å². The van der Waals surface area contributed by atoms with E-state index in [9.17, 15) is 9.90 Å². The molecule has 0 aliphatic carbocycles. The lowest BCUT2D eigenvalue weighted by molar-refractivity contribution is 0.0906. The zero-order valence-corrected chi connectivity index (χ0v) is 13.8. The van der Waals surface area contributed by atoms with E-state index < -0.39 is 25.3 Å². The summed E-state index contributed by atoms with van der Waals surface area (Å²) in [6, 6.07) is 1.16. The molecule has 0 spiro atoms. The standard InChI is InChI=1S/C17H24ClN3O3/c18-14-10-13(16-12(15(14)19)4-9-24-16)17(23)20-11-2-6-21(7-3-11)5-1-8-22/h10-11,22H,1-9,19H2,(H,20,23)/i1D2,5D2,8D2. The molecule has 2 aliphatic heterocycles. The maximum Gasteiger partial charge on any atom is 0.255 e. The third kappa shape index (κ3) is 3.61. The molecule has 0 aromatic heterocycles. The van der Waals surface area contributed by atoms with Crippen LogP contribution in [0.25, 0.3) is 0 Å². The zero-order chi connectivity index (χ0) is 22.5. The Balaban J connectivity index is 1.67. The largest absolute Gasteiger partial charge is 0.492 e. The van der Waals surface area contributed by atoms with Gasteiger partial charge < -0.3 is 25.8 Å². The van der Waals surface area contributed by atoms with Crippen molar-refractivity contribution in [3.8, 4) is 5.75 Å². The van der Waals surface area contributed by atoms with Gasteiger partial charge in [0.15, 0.2) is 0 Å². The number of piperidine rings is 1. The molecular formula is C17H24ClN3O3. The van der Waals surface area contributed by atoms with Gasteiger partial charge in [0.2, 0.25) is 0 Å². The molecule has 4 N–H and O–H groups in total. The van der Waals surface area contributed by atoms with Crippen LogP contribution in [0.4, 0.5) is 5.69 Å². The second-order valence-corrected chi connectivity index (χ2v) is 6.22. The normalized spacial score (nSPS) is 23.8. The molecule has 1 amide bonds. The van der Waals surface area contributed by atoms with Crippen molar-refractivity contribution in [3.63, 3.8) is 0 Å². The van der Waals surface area contributed by atoms with Crippen molar-refractivity contribution in [2.24, 2.45) is 0 Å². The third-order valence-electron chi connectivity index (χ3n) is 4.32. The third-order valence-corrected chi connectivity index (χ3v) is 4.63. The van der Waals surface area contributed by atoms with E-state index in [4.69, 9.17) is 30.3 Å². The zero-order valence-electron chi connectivity index (χ0n) is 19.1. The van der Waals surface area contributed by atoms with Crippen LogP contribution < -0.4 is 15.8 Å². The fourth-order valence-corrected chi connectivity index (χ4v) is 3.26. The van der Waals surface area contributed by atoms with Gasteiger partial charge in [0, 0.05) is 49.7 Å². The van der Waals surface area contributed by atoms with Crippen molar-refractivity contribution in [2.45, 2.75) is 31.7 Å². The highest BCUT2D eigenvalue weighted by atomic mass is 35.5. The molecule has 132 valence electrons. The summed E-state index contributed by atoms with van der Waals surface area (Å²) in [6.07, 6.45) is -1.94. The number of halogens is 1. The lowest BCUT2D eigenvalue weighted by Crippen LogP contribution is -2.45. The number of hydrogen-bond acceptors (Lipinski definition) is 5. The van der Waals surface area contributed by atoms with Crippen LogP contribution in [0.5, 0.6) is 5.75 Å². The fraction of sp³-hybridized carbons (Fsp3) is 0.588. The molecule has 7 heteroatoms. The molecule has 1 saturated heterocycles. The number of nitrogen functional groups attached to an aromatic ring is 1. The average Bonchev–Trinajstić information content (AvgIpc) is 3.14. The second-order valence-electron chi connectivity index (χ2n) is 5.81. The van der Waals surface area contributed by atoms with Gasteiger partial charge in [-0.2, -0.15) is 0 Å². The van der Waals surface area contributed by atoms with Crippen molar-refractivity contribution in [1.29, 1.82) is 0 Å². The fourth-order valence-electron chi connectivity index (χ4n) is 3.04. The number of nitrogens with one attached hydrogen (secondary N) is 1. The molecule has 0 bridgehead atoms. The Labute approximate surface area is 155 Å². The molecule has 0 atom stereocenters. The van der Waals surface area contributed by atoms with Crippen molar-refractivity contribution in [3.05, 3.63) is 22.2 Å². The maximum atomic E-state index is 12.8. The van der Waals surface area contributed by atoms with E-state index in [1.807, 2.05) is 0 Å². The van der Waals surface area contributed by atoms with E-state index in [-0.39, 0.29) is 29.7 Å². The van der Waals surface area contributed by atoms with Crippen molar-refractivity contribution in [1.82, 2.24) is 10.2 Å². The average molecular weight is 360 g/mol. The van der Waals surface area contributed by atoms with Gasteiger partial charge in [-0.05, 0) is 25.3 Å². The molecule has 2 heterocycles.